The average Bonchev–Trinajstić information content (AvgIpc) is 3.02. The second kappa shape index (κ2) is 35.3. The maximum atomic E-state index is 12.1. The van der Waals surface area contributed by atoms with Gasteiger partial charge in [-0.3, -0.25) is 9.59 Å². The van der Waals surface area contributed by atoms with Gasteiger partial charge in [-0.15, -0.1) is 0 Å². The van der Waals surface area contributed by atoms with Crippen molar-refractivity contribution in [2.75, 3.05) is 13.2 Å². The Morgan fingerprint density at radius 1 is 0.545 bits per heavy atom. The molecule has 0 aliphatic heterocycles. The summed E-state index contributed by atoms with van der Waals surface area (Å²) in [5, 5.41) is 9.52. The fourth-order valence-electron chi connectivity index (χ4n) is 4.86. The van der Waals surface area contributed by atoms with Crippen molar-refractivity contribution in [3.63, 3.8) is 0 Å². The zero-order chi connectivity index (χ0) is 32.2. The lowest BCUT2D eigenvalue weighted by Gasteiger charge is -2.15. The average molecular weight is 617 g/mol. The highest BCUT2D eigenvalue weighted by Gasteiger charge is 2.16. The molecule has 1 N–H and O–H groups in total. The number of hydrogen-bond donors (Lipinski definition) is 1. The first-order valence-corrected chi connectivity index (χ1v) is 18.2. The number of carbonyl (C=O) groups excluding carboxylic acids is 2. The molecule has 0 rings (SSSR count). The van der Waals surface area contributed by atoms with E-state index in [4.69, 9.17) is 9.47 Å². The molecule has 0 aromatic heterocycles. The van der Waals surface area contributed by atoms with Crippen molar-refractivity contribution in [2.24, 2.45) is 0 Å². The third kappa shape index (κ3) is 32.8. The summed E-state index contributed by atoms with van der Waals surface area (Å²) in [7, 11) is 0. The van der Waals surface area contributed by atoms with Crippen LogP contribution in [0.25, 0.3) is 0 Å². The van der Waals surface area contributed by atoms with Crippen molar-refractivity contribution >= 4 is 11.9 Å². The Bertz CT molecular complexity index is 752. The van der Waals surface area contributed by atoms with Gasteiger partial charge < -0.3 is 14.6 Å². The molecule has 44 heavy (non-hydrogen) atoms. The van der Waals surface area contributed by atoms with Crippen LogP contribution in [-0.4, -0.2) is 36.4 Å². The third-order valence-corrected chi connectivity index (χ3v) is 7.61. The molecule has 0 amide bonds. The lowest BCUT2D eigenvalue weighted by Crippen LogP contribution is -2.28. The molecule has 0 heterocycles. The summed E-state index contributed by atoms with van der Waals surface area (Å²) in [4.78, 5) is 24.2. The van der Waals surface area contributed by atoms with Crippen LogP contribution in [0.3, 0.4) is 0 Å². The van der Waals surface area contributed by atoms with Crippen molar-refractivity contribution in [1.82, 2.24) is 0 Å². The number of allylic oxidation sites excluding steroid dienone is 8. The first-order valence-electron chi connectivity index (χ1n) is 18.2. The summed E-state index contributed by atoms with van der Waals surface area (Å²) in [5.41, 5.74) is 0. The van der Waals surface area contributed by atoms with Gasteiger partial charge in [-0.2, -0.15) is 0 Å². The second-order valence-electron chi connectivity index (χ2n) is 11.9. The molecule has 0 fully saturated rings. The van der Waals surface area contributed by atoms with Gasteiger partial charge in [0.25, 0.3) is 0 Å². The largest absolute Gasteiger partial charge is 0.462 e. The van der Waals surface area contributed by atoms with Gasteiger partial charge in [-0.05, 0) is 70.6 Å². The lowest BCUT2D eigenvalue weighted by atomic mass is 10.1. The molecule has 5 heteroatoms. The molecule has 0 aromatic carbocycles. The number of hydrogen-bond acceptors (Lipinski definition) is 5. The molecule has 0 bridgehead atoms. The van der Waals surface area contributed by atoms with E-state index in [0.717, 1.165) is 70.6 Å². The topological polar surface area (TPSA) is 72.8 Å². The van der Waals surface area contributed by atoms with Gasteiger partial charge in [0, 0.05) is 12.8 Å². The van der Waals surface area contributed by atoms with Gasteiger partial charge in [0.1, 0.15) is 6.61 Å². The Kier molecular flexibility index (Phi) is 33.6. The molecular formula is C39H68O5. The third-order valence-electron chi connectivity index (χ3n) is 7.61. The van der Waals surface area contributed by atoms with Gasteiger partial charge >= 0.3 is 11.9 Å². The van der Waals surface area contributed by atoms with Crippen molar-refractivity contribution in [1.29, 1.82) is 0 Å². The quantitative estimate of drug-likeness (QED) is 0.0462. The zero-order valence-corrected chi connectivity index (χ0v) is 28.7. The van der Waals surface area contributed by atoms with Crippen LogP contribution in [0.2, 0.25) is 0 Å². The van der Waals surface area contributed by atoms with Crippen molar-refractivity contribution in [3.05, 3.63) is 48.6 Å². The maximum Gasteiger partial charge on any atom is 0.306 e. The summed E-state index contributed by atoms with van der Waals surface area (Å²) in [6.45, 7) is 3.98. The fraction of sp³-hybridized carbons (Fsp3) is 0.744. The summed E-state index contributed by atoms with van der Waals surface area (Å²) in [6.07, 6.45) is 43.0. The van der Waals surface area contributed by atoms with Crippen LogP contribution >= 0.6 is 0 Å². The van der Waals surface area contributed by atoms with Crippen LogP contribution in [0.5, 0.6) is 0 Å². The number of esters is 2. The molecule has 0 spiro atoms. The number of ether oxygens (including phenoxy) is 2. The van der Waals surface area contributed by atoms with Crippen molar-refractivity contribution in [3.8, 4) is 0 Å². The number of carbonyl (C=O) groups is 2. The van der Waals surface area contributed by atoms with E-state index in [9.17, 15) is 14.7 Å². The summed E-state index contributed by atoms with van der Waals surface area (Å²) < 4.78 is 10.6. The molecule has 5 nitrogen and oxygen atoms in total. The Balaban J connectivity index is 3.61. The van der Waals surface area contributed by atoms with Crippen molar-refractivity contribution < 1.29 is 24.2 Å². The number of unbranched alkanes of at least 4 members (excludes halogenated alkanes) is 16. The molecule has 0 aromatic rings. The SMILES string of the molecule is CC/C=C\C/C=C\C/C=C\CCCCCCCC(=O)O[C@@H](CO)COC(=O)CCCCCCCCC/C=C\CCCCCC. The van der Waals surface area contributed by atoms with E-state index in [-0.39, 0.29) is 25.2 Å². The first kappa shape index (κ1) is 41.9. The second-order valence-corrected chi connectivity index (χ2v) is 11.9. The molecule has 0 radical (unpaired) electrons. The van der Waals surface area contributed by atoms with Crippen LogP contribution in [0, 0.1) is 0 Å². The normalized spacial score (nSPS) is 12.7. The zero-order valence-electron chi connectivity index (χ0n) is 28.7. The molecule has 0 saturated carbocycles. The first-order chi connectivity index (χ1) is 21.6. The predicted molar refractivity (Wildman–Crippen MR) is 187 cm³/mol. The highest BCUT2D eigenvalue weighted by molar-refractivity contribution is 5.70. The summed E-state index contributed by atoms with van der Waals surface area (Å²) in [6, 6.07) is 0. The molecule has 0 saturated heterocycles. The van der Waals surface area contributed by atoms with Gasteiger partial charge in [-0.1, -0.05) is 133 Å². The summed E-state index contributed by atoms with van der Waals surface area (Å²) in [5.74, 6) is -0.619. The van der Waals surface area contributed by atoms with Crippen LogP contribution in [0.15, 0.2) is 48.6 Å². The van der Waals surface area contributed by atoms with Crippen molar-refractivity contribution in [2.45, 2.75) is 174 Å². The van der Waals surface area contributed by atoms with Gasteiger partial charge in [0.05, 0.1) is 6.61 Å². The Hall–Kier alpha value is -2.14. The maximum absolute atomic E-state index is 12.1. The lowest BCUT2D eigenvalue weighted by molar-refractivity contribution is -0.161. The van der Waals surface area contributed by atoms with E-state index in [1.807, 2.05) is 0 Å². The van der Waals surface area contributed by atoms with E-state index in [2.05, 4.69) is 62.5 Å². The van der Waals surface area contributed by atoms with Gasteiger partial charge in [-0.25, -0.2) is 0 Å². The molecule has 0 aliphatic rings. The Labute approximate surface area is 271 Å². The van der Waals surface area contributed by atoms with E-state index in [0.29, 0.717) is 12.8 Å². The number of aliphatic hydroxyl groups is 1. The minimum atomic E-state index is -0.781. The molecule has 0 unspecified atom stereocenters. The highest BCUT2D eigenvalue weighted by atomic mass is 16.6. The van der Waals surface area contributed by atoms with Crippen LogP contribution in [-0.2, 0) is 19.1 Å². The number of rotatable bonds is 32. The van der Waals surface area contributed by atoms with Gasteiger partial charge in [0.15, 0.2) is 6.10 Å². The Morgan fingerprint density at radius 3 is 1.50 bits per heavy atom. The molecule has 0 aliphatic carbocycles. The van der Waals surface area contributed by atoms with E-state index in [1.165, 1.54) is 70.6 Å². The number of aliphatic hydroxyl groups excluding tert-OH is 1. The molecule has 254 valence electrons. The van der Waals surface area contributed by atoms with Crippen LogP contribution < -0.4 is 0 Å². The van der Waals surface area contributed by atoms with Gasteiger partial charge in [0.2, 0.25) is 0 Å². The standard InChI is InChI=1S/C39H68O5/c1-3-5-7-9-11-13-15-17-19-21-23-25-27-29-31-33-38(41)43-36-37(35-40)44-39(42)34-32-30-28-26-24-22-20-18-16-14-12-10-8-6-4-2/h6,8,12-15,18,20,37,40H,3-5,7,9-11,16-17,19,21-36H2,1-2H3/b8-6-,14-12-,15-13-,20-18-/t37-/m0/s1. The monoisotopic (exact) mass is 617 g/mol. The minimum Gasteiger partial charge on any atom is -0.462 e. The highest BCUT2D eigenvalue weighted by Crippen LogP contribution is 2.12. The van der Waals surface area contributed by atoms with Crippen LogP contribution in [0.4, 0.5) is 0 Å². The predicted octanol–water partition coefficient (Wildman–Crippen LogP) is 11.1. The van der Waals surface area contributed by atoms with E-state index >= 15 is 0 Å². The van der Waals surface area contributed by atoms with Crippen LogP contribution in [0.1, 0.15) is 168 Å². The molecule has 1 atom stereocenters. The van der Waals surface area contributed by atoms with E-state index < -0.39 is 6.10 Å². The fourth-order valence-corrected chi connectivity index (χ4v) is 4.86. The smallest absolute Gasteiger partial charge is 0.306 e. The summed E-state index contributed by atoms with van der Waals surface area (Å²) >= 11 is 0. The minimum absolute atomic E-state index is 0.0759. The Morgan fingerprint density at radius 2 is 0.977 bits per heavy atom. The van der Waals surface area contributed by atoms with E-state index in [1.54, 1.807) is 0 Å². The molecular weight excluding hydrogens is 548 g/mol.